The van der Waals surface area contributed by atoms with Crippen LogP contribution in [0.15, 0.2) is 22.5 Å². The zero-order chi connectivity index (χ0) is 19.5. The number of hydrogen-bond acceptors (Lipinski definition) is 9. The van der Waals surface area contributed by atoms with E-state index in [1.54, 1.807) is 14.0 Å². The lowest BCUT2D eigenvalue weighted by Gasteiger charge is -2.39. The van der Waals surface area contributed by atoms with Crippen molar-refractivity contribution in [2.24, 2.45) is 11.7 Å². The maximum Gasteiger partial charge on any atom is 0.404 e. The van der Waals surface area contributed by atoms with Crippen molar-refractivity contribution in [2.45, 2.75) is 24.7 Å². The van der Waals surface area contributed by atoms with Gasteiger partial charge in [0.15, 0.2) is 5.72 Å². The van der Waals surface area contributed by atoms with E-state index in [0.29, 0.717) is 35.7 Å². The highest BCUT2D eigenvalue weighted by Crippen LogP contribution is 2.55. The van der Waals surface area contributed by atoms with E-state index in [2.05, 4.69) is 23.3 Å². The second-order valence-corrected chi connectivity index (χ2v) is 7.52. The van der Waals surface area contributed by atoms with Crippen LogP contribution in [-0.2, 0) is 19.1 Å². The Morgan fingerprint density at radius 1 is 1.44 bits per heavy atom. The number of ketones is 2. The Morgan fingerprint density at radius 3 is 2.81 bits per heavy atom. The van der Waals surface area contributed by atoms with E-state index in [9.17, 15) is 14.4 Å². The standard InChI is InChI=1S/C17H22N4O5S/c1-7-11(19-3-4-27)14(23)10-8(6-26-16(18)24)17(25-2)15-9(20-15)5-21(17)12(10)13(7)22/h8-9,15,19-20,27H,3-6H2,1-2H3,(H2,18,24)/t8-,9+,15+,17-/m1/s1. The van der Waals surface area contributed by atoms with Crippen molar-refractivity contribution < 1.29 is 23.9 Å². The van der Waals surface area contributed by atoms with Gasteiger partial charge in [-0.25, -0.2) is 4.79 Å². The fourth-order valence-electron chi connectivity index (χ4n) is 4.68. The van der Waals surface area contributed by atoms with Crippen molar-refractivity contribution in [3.8, 4) is 0 Å². The van der Waals surface area contributed by atoms with Gasteiger partial charge in [-0.3, -0.25) is 9.59 Å². The number of methoxy groups -OCH3 is 1. The van der Waals surface area contributed by atoms with Crippen LogP contribution in [0.25, 0.3) is 0 Å². The molecule has 4 aliphatic rings. The van der Waals surface area contributed by atoms with Crippen molar-refractivity contribution in [3.05, 3.63) is 22.5 Å². The van der Waals surface area contributed by atoms with Gasteiger partial charge in [0.2, 0.25) is 11.6 Å². The van der Waals surface area contributed by atoms with Crippen LogP contribution in [0.5, 0.6) is 0 Å². The molecule has 4 rings (SSSR count). The van der Waals surface area contributed by atoms with Gasteiger partial charge in [0.1, 0.15) is 6.61 Å². The molecule has 3 aliphatic heterocycles. The predicted molar refractivity (Wildman–Crippen MR) is 97.8 cm³/mol. The zero-order valence-corrected chi connectivity index (χ0v) is 16.0. The molecule has 0 saturated carbocycles. The average Bonchev–Trinajstić information content (AvgIpc) is 3.24. The van der Waals surface area contributed by atoms with Crippen molar-refractivity contribution in [2.75, 3.05) is 32.6 Å². The number of nitrogens with zero attached hydrogens (tertiary/aromatic N) is 1. The predicted octanol–water partition coefficient (Wildman–Crippen LogP) is -1.09. The molecule has 0 aromatic rings. The number of rotatable bonds is 6. The molecule has 0 bridgehead atoms. The molecule has 4 atom stereocenters. The lowest BCUT2D eigenvalue weighted by atomic mass is 9.82. The van der Waals surface area contributed by atoms with E-state index in [1.165, 1.54) is 0 Å². The van der Waals surface area contributed by atoms with Gasteiger partial charge in [0, 0.05) is 43.1 Å². The third-order valence-electron chi connectivity index (χ3n) is 5.84. The first-order valence-corrected chi connectivity index (χ1v) is 9.42. The molecule has 4 N–H and O–H groups in total. The summed E-state index contributed by atoms with van der Waals surface area (Å²) in [5.74, 6) is -0.590. The highest BCUT2D eigenvalue weighted by atomic mass is 32.1. The average molecular weight is 394 g/mol. The summed E-state index contributed by atoms with van der Waals surface area (Å²) in [7, 11) is 1.54. The third-order valence-corrected chi connectivity index (χ3v) is 6.07. The first-order valence-electron chi connectivity index (χ1n) is 8.78. The molecule has 146 valence electrons. The molecule has 9 nitrogen and oxygen atoms in total. The van der Waals surface area contributed by atoms with Crippen LogP contribution in [0.3, 0.4) is 0 Å². The Balaban J connectivity index is 1.79. The molecule has 0 aromatic carbocycles. The summed E-state index contributed by atoms with van der Waals surface area (Å²) in [6.45, 7) is 2.50. The molecular formula is C17H22N4O5S. The van der Waals surface area contributed by atoms with Crippen LogP contribution in [0, 0.1) is 5.92 Å². The fraction of sp³-hybridized carbons (Fsp3) is 0.588. The number of piperazine rings is 1. The maximum atomic E-state index is 13.3. The van der Waals surface area contributed by atoms with E-state index in [4.69, 9.17) is 15.2 Å². The second kappa shape index (κ2) is 6.25. The van der Waals surface area contributed by atoms with Crippen molar-refractivity contribution >= 4 is 30.3 Å². The largest absolute Gasteiger partial charge is 0.449 e. The maximum absolute atomic E-state index is 13.3. The van der Waals surface area contributed by atoms with E-state index >= 15 is 0 Å². The summed E-state index contributed by atoms with van der Waals surface area (Å²) in [6.07, 6.45) is -0.935. The van der Waals surface area contributed by atoms with Gasteiger partial charge in [-0.15, -0.1) is 0 Å². The molecule has 0 aromatic heterocycles. The first kappa shape index (κ1) is 18.3. The molecule has 1 amide bonds. The monoisotopic (exact) mass is 394 g/mol. The van der Waals surface area contributed by atoms with Crippen molar-refractivity contribution in [1.29, 1.82) is 0 Å². The number of allylic oxidation sites excluding steroid dienone is 2. The SMILES string of the molecule is CO[C@@]12[C@H](COC(N)=O)C3=C(C(=O)C(C)=C(NCCS)C3=O)N1C[C@@H]1N[C@@H]12. The number of hydrogen-bond donors (Lipinski definition) is 4. The molecule has 0 unspecified atom stereocenters. The van der Waals surface area contributed by atoms with Crippen molar-refractivity contribution in [1.82, 2.24) is 15.5 Å². The van der Waals surface area contributed by atoms with Crippen LogP contribution in [0.1, 0.15) is 6.92 Å². The number of carbonyl (C=O) groups excluding carboxylic acids is 3. The van der Waals surface area contributed by atoms with Crippen LogP contribution in [0.4, 0.5) is 4.79 Å². The topological polar surface area (TPSA) is 133 Å². The summed E-state index contributed by atoms with van der Waals surface area (Å²) in [5, 5.41) is 6.33. The number of Topliss-reactive ketones (excluding diaryl/α,β-unsaturated/α-hetero) is 2. The second-order valence-electron chi connectivity index (χ2n) is 7.07. The minimum atomic E-state index is -0.949. The Bertz CT molecular complexity index is 809. The smallest absolute Gasteiger partial charge is 0.404 e. The molecule has 1 aliphatic carbocycles. The molecule has 27 heavy (non-hydrogen) atoms. The molecule has 0 spiro atoms. The minimum Gasteiger partial charge on any atom is -0.449 e. The first-order chi connectivity index (χ1) is 12.9. The van der Waals surface area contributed by atoms with Crippen LogP contribution in [0.2, 0.25) is 0 Å². The molecule has 10 heteroatoms. The van der Waals surface area contributed by atoms with Crippen LogP contribution >= 0.6 is 12.6 Å². The van der Waals surface area contributed by atoms with Crippen molar-refractivity contribution in [3.63, 3.8) is 0 Å². The highest BCUT2D eigenvalue weighted by molar-refractivity contribution is 7.80. The highest BCUT2D eigenvalue weighted by Gasteiger charge is 2.72. The summed E-state index contributed by atoms with van der Waals surface area (Å²) < 4.78 is 11.0. The van der Waals surface area contributed by atoms with Gasteiger partial charge < -0.3 is 30.7 Å². The number of carbonyl (C=O) groups is 3. The minimum absolute atomic E-state index is 0.0515. The Morgan fingerprint density at radius 2 is 2.19 bits per heavy atom. The fourth-order valence-corrected chi connectivity index (χ4v) is 4.80. The van der Waals surface area contributed by atoms with Gasteiger partial charge in [-0.2, -0.15) is 12.6 Å². The Labute approximate surface area is 161 Å². The van der Waals surface area contributed by atoms with E-state index in [1.807, 2.05) is 4.90 Å². The molecular weight excluding hydrogens is 372 g/mol. The molecule has 3 heterocycles. The van der Waals surface area contributed by atoms with E-state index in [0.717, 1.165) is 0 Å². The van der Waals surface area contributed by atoms with Crippen LogP contribution in [-0.4, -0.2) is 72.9 Å². The lowest BCUT2D eigenvalue weighted by Crippen LogP contribution is -2.55. The number of fused-ring (bicyclic) bond motifs is 4. The molecule has 2 fully saturated rings. The van der Waals surface area contributed by atoms with Gasteiger partial charge in [0.25, 0.3) is 0 Å². The number of thiol groups is 1. The van der Waals surface area contributed by atoms with Gasteiger partial charge in [-0.05, 0) is 6.92 Å². The third kappa shape index (κ3) is 2.36. The Kier molecular flexibility index (Phi) is 4.24. The Hall–Kier alpha value is -2.04. The summed E-state index contributed by atoms with van der Waals surface area (Å²) in [6, 6.07) is 0.121. The van der Waals surface area contributed by atoms with Gasteiger partial charge in [0.05, 0.1) is 23.4 Å². The summed E-state index contributed by atoms with van der Waals surface area (Å²) in [4.78, 5) is 39.6. The van der Waals surface area contributed by atoms with Crippen LogP contribution < -0.4 is 16.4 Å². The van der Waals surface area contributed by atoms with Gasteiger partial charge in [-0.1, -0.05) is 0 Å². The molecule has 2 saturated heterocycles. The normalized spacial score (nSPS) is 33.9. The summed E-state index contributed by atoms with van der Waals surface area (Å²) in [5.41, 5.74) is 5.51. The number of ether oxygens (including phenoxy) is 2. The number of amides is 1. The van der Waals surface area contributed by atoms with E-state index in [-0.39, 0.29) is 36.0 Å². The number of nitrogens with one attached hydrogen (secondary N) is 2. The van der Waals surface area contributed by atoms with E-state index < -0.39 is 17.7 Å². The van der Waals surface area contributed by atoms with Gasteiger partial charge >= 0.3 is 6.09 Å². The number of primary amides is 1. The summed E-state index contributed by atoms with van der Waals surface area (Å²) >= 11 is 4.15. The quantitative estimate of drug-likeness (QED) is 0.254. The zero-order valence-electron chi connectivity index (χ0n) is 15.1. The lowest BCUT2D eigenvalue weighted by molar-refractivity contribution is -0.137. The molecule has 0 radical (unpaired) electrons. The number of nitrogens with two attached hydrogens (primary N) is 1.